The zero-order valence-electron chi connectivity index (χ0n) is 12.4. The summed E-state index contributed by atoms with van der Waals surface area (Å²) in [6.45, 7) is 1.26. The van der Waals surface area contributed by atoms with E-state index in [1.165, 1.54) is 11.1 Å². The molecule has 2 amide bonds. The summed E-state index contributed by atoms with van der Waals surface area (Å²) in [6.07, 6.45) is 3.18. The van der Waals surface area contributed by atoms with Gasteiger partial charge in [0.05, 0.1) is 16.1 Å². The van der Waals surface area contributed by atoms with Crippen molar-refractivity contribution in [2.24, 2.45) is 5.92 Å². The van der Waals surface area contributed by atoms with E-state index in [1.807, 2.05) is 0 Å². The number of aliphatic hydroxyl groups excluding tert-OH is 1. The van der Waals surface area contributed by atoms with Crippen molar-refractivity contribution in [2.75, 3.05) is 32.0 Å². The van der Waals surface area contributed by atoms with Gasteiger partial charge in [-0.2, -0.15) is 0 Å². The van der Waals surface area contributed by atoms with Gasteiger partial charge in [0, 0.05) is 32.9 Å². The molecule has 3 N–H and O–H groups in total. The van der Waals surface area contributed by atoms with Crippen LogP contribution in [-0.4, -0.2) is 53.8 Å². The van der Waals surface area contributed by atoms with E-state index < -0.39 is 6.10 Å². The first kappa shape index (κ1) is 17.1. The van der Waals surface area contributed by atoms with Crippen molar-refractivity contribution in [3.05, 3.63) is 22.3 Å². The Balaban J connectivity index is 1.65. The van der Waals surface area contributed by atoms with Crippen molar-refractivity contribution in [3.63, 3.8) is 0 Å². The van der Waals surface area contributed by atoms with Gasteiger partial charge < -0.3 is 20.6 Å². The van der Waals surface area contributed by atoms with Crippen LogP contribution in [0.15, 0.2) is 12.3 Å². The van der Waals surface area contributed by atoms with Crippen LogP contribution in [0.1, 0.15) is 12.8 Å². The van der Waals surface area contributed by atoms with Gasteiger partial charge in [0.2, 0.25) is 0 Å². The Morgan fingerprint density at radius 2 is 2.23 bits per heavy atom. The van der Waals surface area contributed by atoms with E-state index in [2.05, 4.69) is 15.6 Å². The number of nitrogens with zero attached hydrogens (tertiary/aromatic N) is 2. The molecule has 1 aliphatic carbocycles. The zero-order chi connectivity index (χ0) is 16.1. The molecule has 0 aliphatic heterocycles. The number of urea groups is 1. The average Bonchev–Trinajstić information content (AvgIpc) is 3.29. The van der Waals surface area contributed by atoms with Gasteiger partial charge >= 0.3 is 6.03 Å². The number of rotatable bonds is 7. The second-order valence-electron chi connectivity index (χ2n) is 5.43. The van der Waals surface area contributed by atoms with Gasteiger partial charge in [-0.1, -0.05) is 23.2 Å². The summed E-state index contributed by atoms with van der Waals surface area (Å²) in [7, 11) is 1.67. The summed E-state index contributed by atoms with van der Waals surface area (Å²) >= 11 is 11.7. The van der Waals surface area contributed by atoms with Crippen LogP contribution < -0.4 is 10.6 Å². The Morgan fingerprint density at radius 3 is 2.86 bits per heavy atom. The lowest BCUT2D eigenvalue weighted by Crippen LogP contribution is -2.43. The number of carbonyl (C=O) groups is 1. The Hall–Kier alpha value is -1.24. The third-order valence-corrected chi connectivity index (χ3v) is 3.97. The van der Waals surface area contributed by atoms with Gasteiger partial charge in [-0.25, -0.2) is 9.78 Å². The predicted molar refractivity (Wildman–Crippen MR) is 87.5 cm³/mol. The fraction of sp³-hybridized carbons (Fsp3) is 0.571. The fourth-order valence-electron chi connectivity index (χ4n) is 2.02. The smallest absolute Gasteiger partial charge is 0.317 e. The van der Waals surface area contributed by atoms with E-state index in [9.17, 15) is 9.90 Å². The average molecular weight is 347 g/mol. The maximum atomic E-state index is 11.9. The second-order valence-corrected chi connectivity index (χ2v) is 6.27. The number of amides is 2. The van der Waals surface area contributed by atoms with Crippen molar-refractivity contribution in [3.8, 4) is 0 Å². The number of aliphatic hydroxyl groups is 1. The molecule has 1 atom stereocenters. The van der Waals surface area contributed by atoms with E-state index >= 15 is 0 Å². The predicted octanol–water partition coefficient (Wildman–Crippen LogP) is 2.21. The molecule has 1 unspecified atom stereocenters. The van der Waals surface area contributed by atoms with E-state index in [-0.39, 0.29) is 6.03 Å². The highest BCUT2D eigenvalue weighted by Gasteiger charge is 2.31. The molecular formula is C14H20Cl2N4O2. The Labute approximate surface area is 139 Å². The lowest BCUT2D eigenvalue weighted by Gasteiger charge is -2.21. The summed E-state index contributed by atoms with van der Waals surface area (Å²) in [6, 6.07) is 1.39. The maximum absolute atomic E-state index is 11.9. The van der Waals surface area contributed by atoms with E-state index in [0.29, 0.717) is 41.4 Å². The molecule has 22 heavy (non-hydrogen) atoms. The number of hydrogen-bond acceptors (Lipinski definition) is 4. The van der Waals surface area contributed by atoms with Crippen LogP contribution in [0, 0.1) is 5.92 Å². The monoisotopic (exact) mass is 346 g/mol. The van der Waals surface area contributed by atoms with Gasteiger partial charge in [-0.3, -0.25) is 0 Å². The van der Waals surface area contributed by atoms with E-state index in [0.717, 1.165) is 12.8 Å². The highest BCUT2D eigenvalue weighted by Crippen LogP contribution is 2.32. The van der Waals surface area contributed by atoms with Gasteiger partial charge in [-0.05, 0) is 24.8 Å². The molecule has 1 aromatic rings. The van der Waals surface area contributed by atoms with Gasteiger partial charge in [0.15, 0.2) is 0 Å². The molecule has 1 heterocycles. The van der Waals surface area contributed by atoms with E-state index in [1.54, 1.807) is 13.1 Å². The summed E-state index contributed by atoms with van der Waals surface area (Å²) in [5.41, 5.74) is 0. The van der Waals surface area contributed by atoms with Crippen LogP contribution in [0.5, 0.6) is 0 Å². The SMILES string of the molecule is CN(CC(O)C1CC1)C(=O)NCCNc1ncc(Cl)cc1Cl. The number of pyridine rings is 1. The van der Waals surface area contributed by atoms with E-state index in [4.69, 9.17) is 23.2 Å². The maximum Gasteiger partial charge on any atom is 0.317 e. The second kappa shape index (κ2) is 7.85. The van der Waals surface area contributed by atoms with Crippen LogP contribution in [-0.2, 0) is 0 Å². The molecule has 2 rings (SSSR count). The molecule has 0 bridgehead atoms. The Morgan fingerprint density at radius 1 is 1.50 bits per heavy atom. The van der Waals surface area contributed by atoms with Crippen molar-refractivity contribution in [1.82, 2.24) is 15.2 Å². The molecule has 0 saturated heterocycles. The highest BCUT2D eigenvalue weighted by molar-refractivity contribution is 6.35. The molecule has 0 aromatic carbocycles. The topological polar surface area (TPSA) is 77.5 Å². The number of halogens is 2. The minimum absolute atomic E-state index is 0.211. The van der Waals surface area contributed by atoms with Crippen molar-refractivity contribution >= 4 is 35.1 Å². The molecule has 0 spiro atoms. The lowest BCUT2D eigenvalue weighted by atomic mass is 10.2. The van der Waals surface area contributed by atoms with Crippen LogP contribution in [0.25, 0.3) is 0 Å². The number of likely N-dealkylation sites (N-methyl/N-ethyl adjacent to an activating group) is 1. The minimum atomic E-state index is -0.425. The standard InChI is InChI=1S/C14H20Cl2N4O2/c1-20(8-12(21)9-2-3-9)14(22)18-5-4-17-13-11(16)6-10(15)7-19-13/h6-7,9,12,21H,2-5,8H2,1H3,(H,17,19)(H,18,22). The molecule has 1 saturated carbocycles. The molecule has 1 fully saturated rings. The largest absolute Gasteiger partial charge is 0.391 e. The third-order valence-electron chi connectivity index (χ3n) is 3.48. The zero-order valence-corrected chi connectivity index (χ0v) is 13.9. The van der Waals surface area contributed by atoms with Crippen molar-refractivity contribution in [1.29, 1.82) is 0 Å². The molecule has 1 aliphatic rings. The highest BCUT2D eigenvalue weighted by atomic mass is 35.5. The normalized spacial score (nSPS) is 15.3. The fourth-order valence-corrected chi connectivity index (χ4v) is 2.47. The summed E-state index contributed by atoms with van der Waals surface area (Å²) in [5, 5.41) is 16.5. The minimum Gasteiger partial charge on any atom is -0.391 e. The van der Waals surface area contributed by atoms with Crippen LogP contribution in [0.4, 0.5) is 10.6 Å². The Bertz CT molecular complexity index is 526. The lowest BCUT2D eigenvalue weighted by molar-refractivity contribution is 0.113. The molecule has 1 aromatic heterocycles. The summed E-state index contributed by atoms with van der Waals surface area (Å²) in [4.78, 5) is 17.4. The third kappa shape index (κ3) is 5.19. The first-order valence-electron chi connectivity index (χ1n) is 7.19. The van der Waals surface area contributed by atoms with Crippen LogP contribution in [0.3, 0.4) is 0 Å². The van der Waals surface area contributed by atoms with Crippen molar-refractivity contribution < 1.29 is 9.90 Å². The number of anilines is 1. The Kier molecular flexibility index (Phi) is 6.11. The molecule has 8 heteroatoms. The first-order valence-corrected chi connectivity index (χ1v) is 7.95. The van der Waals surface area contributed by atoms with Crippen LogP contribution >= 0.6 is 23.2 Å². The summed E-state index contributed by atoms with van der Waals surface area (Å²) in [5.74, 6) is 0.882. The molecular weight excluding hydrogens is 327 g/mol. The number of aromatic nitrogens is 1. The number of hydrogen-bond donors (Lipinski definition) is 3. The van der Waals surface area contributed by atoms with Gasteiger partial charge in [0.25, 0.3) is 0 Å². The van der Waals surface area contributed by atoms with Gasteiger partial charge in [-0.15, -0.1) is 0 Å². The van der Waals surface area contributed by atoms with Crippen LogP contribution in [0.2, 0.25) is 10.0 Å². The molecule has 6 nitrogen and oxygen atoms in total. The summed E-state index contributed by atoms with van der Waals surface area (Å²) < 4.78 is 0. The van der Waals surface area contributed by atoms with Gasteiger partial charge in [0.1, 0.15) is 5.82 Å². The molecule has 122 valence electrons. The molecule has 0 radical (unpaired) electrons. The number of nitrogens with one attached hydrogen (secondary N) is 2. The van der Waals surface area contributed by atoms with Crippen molar-refractivity contribution in [2.45, 2.75) is 18.9 Å². The quantitative estimate of drug-likeness (QED) is 0.661. The number of carbonyl (C=O) groups excluding carboxylic acids is 1. The first-order chi connectivity index (χ1) is 10.5.